The Balaban J connectivity index is 0.000000298. The zero-order chi connectivity index (χ0) is 61.1. The Bertz CT molecular complexity index is 3300. The number of hydrogen-bond acceptors (Lipinski definition) is 22. The largest absolute Gasteiger partial charge is 1.00 e. The molecule has 4 aromatic carbocycles. The quantitative estimate of drug-likeness (QED) is 0.0271. The van der Waals surface area contributed by atoms with Crippen LogP contribution in [0.15, 0.2) is 109 Å². The molecule has 3 aliphatic heterocycles. The van der Waals surface area contributed by atoms with Gasteiger partial charge in [0.25, 0.3) is 12.2 Å². The Morgan fingerprint density at radius 2 is 1.00 bits per heavy atom. The van der Waals surface area contributed by atoms with Crippen LogP contribution < -0.4 is 145 Å². The molecule has 0 amide bonds. The molecule has 24 nitrogen and oxygen atoms in total. The number of carbonyl (C=O) groups excluding carboxylic acids is 1. The van der Waals surface area contributed by atoms with Gasteiger partial charge in [0.2, 0.25) is 17.7 Å². The van der Waals surface area contributed by atoms with Crippen LogP contribution >= 0.6 is 14.3 Å². The second kappa shape index (κ2) is 36.0. The average Bonchev–Trinajstić information content (AvgIpc) is 3.63. The van der Waals surface area contributed by atoms with Gasteiger partial charge in [-0.2, -0.15) is 14.4 Å². The molecule has 29 heteroatoms. The Morgan fingerprint density at radius 1 is 0.586 bits per heavy atom. The van der Waals surface area contributed by atoms with E-state index in [9.17, 15) is 33.7 Å². The van der Waals surface area contributed by atoms with Crippen LogP contribution in [-0.4, -0.2) is 174 Å². The molecular formula is C58H78FK2N15O9P2. The van der Waals surface area contributed by atoms with E-state index in [2.05, 4.69) is 84.7 Å². The molecule has 3 saturated heterocycles. The number of piperazine rings is 2. The number of rotatable bonds is 16. The fourth-order valence-corrected chi connectivity index (χ4v) is 13.0. The minimum atomic E-state index is -2.50. The van der Waals surface area contributed by atoms with Gasteiger partial charge in [0.15, 0.2) is 0 Å². The normalized spacial score (nSPS) is 16.3. The molecule has 0 atom stereocenters. The van der Waals surface area contributed by atoms with Crippen molar-refractivity contribution in [3.8, 4) is 0 Å². The number of halogens is 1. The number of likely N-dealkylation sites (N-methyl/N-ethyl adjacent to an activating group) is 2. The molecule has 6 aromatic rings. The van der Waals surface area contributed by atoms with E-state index in [1.807, 2.05) is 48.5 Å². The van der Waals surface area contributed by atoms with Gasteiger partial charge in [-0.15, -0.1) is 0 Å². The minimum Gasteiger partial charge on any atom is -1.00 e. The van der Waals surface area contributed by atoms with Crippen molar-refractivity contribution in [2.24, 2.45) is 0 Å². The first kappa shape index (κ1) is 73.5. The van der Waals surface area contributed by atoms with Gasteiger partial charge >= 0.3 is 108 Å². The summed E-state index contributed by atoms with van der Waals surface area (Å²) in [5.74, 6) is 0.503. The van der Waals surface area contributed by atoms with Crippen molar-refractivity contribution in [2.75, 3.05) is 132 Å². The minimum absolute atomic E-state index is 0. The summed E-state index contributed by atoms with van der Waals surface area (Å²) >= 11 is 0. The SMILES string of the molecule is CN1CCN(C2CCCCC2)CC1.CN1CCN(C2CCN(c3ccc(Nc4nccc(Nc5ccccc5P(C)(C)=O)n4)cc3[N+](=O)[O-])CC2)CC1.CP(C)(=O)c1ccccc1Nc1ccnc(Nc2ccc(F)c([N+](=O)[O-])c2)n1.O=CO[O-].[H-].[K+].[K+]. The summed E-state index contributed by atoms with van der Waals surface area (Å²) in [4.78, 5) is 62.4. The van der Waals surface area contributed by atoms with Crippen LogP contribution in [0, 0.1) is 26.0 Å². The second-order valence-electron chi connectivity index (χ2n) is 22.0. The van der Waals surface area contributed by atoms with Gasteiger partial charge in [-0.05, 0) is 127 Å². The molecule has 10 rings (SSSR count). The van der Waals surface area contributed by atoms with Gasteiger partial charge < -0.3 is 56.7 Å². The van der Waals surface area contributed by atoms with E-state index in [-0.39, 0.29) is 133 Å². The molecule has 0 radical (unpaired) electrons. The fourth-order valence-electron chi connectivity index (χ4n) is 10.6. The maximum absolute atomic E-state index is 13.5. The van der Waals surface area contributed by atoms with Crippen LogP contribution in [-0.2, 0) is 18.8 Å². The number of piperidine rings is 1. The topological polar surface area (TPSA) is 286 Å². The van der Waals surface area contributed by atoms with Crippen LogP contribution in [0.25, 0.3) is 0 Å². The van der Waals surface area contributed by atoms with E-state index >= 15 is 0 Å². The number of aromatic nitrogens is 4. The molecule has 2 aromatic heterocycles. The Morgan fingerprint density at radius 3 is 1.43 bits per heavy atom. The molecule has 4 fully saturated rings. The number of nitro benzene ring substituents is 2. The first-order valence-electron chi connectivity index (χ1n) is 28.3. The average molecular weight is 1290 g/mol. The zero-order valence-corrected chi connectivity index (χ0v) is 59.0. The first-order valence-corrected chi connectivity index (χ1v) is 33.5. The van der Waals surface area contributed by atoms with Gasteiger partial charge in [0.05, 0.1) is 21.2 Å². The monoisotopic (exact) mass is 1290 g/mol. The van der Waals surface area contributed by atoms with Crippen molar-refractivity contribution in [3.05, 3.63) is 136 Å². The summed E-state index contributed by atoms with van der Waals surface area (Å²) in [7, 11) is -0.601. The smallest absolute Gasteiger partial charge is 1.00 e. The molecule has 0 spiro atoms. The summed E-state index contributed by atoms with van der Waals surface area (Å²) in [5.41, 5.74) is 2.26. The first-order chi connectivity index (χ1) is 40.7. The number of nitro groups is 2. The third kappa shape index (κ3) is 22.9. The number of nitrogens with zero attached hydrogens (tertiary/aromatic N) is 11. The molecule has 4 N–H and O–H groups in total. The van der Waals surface area contributed by atoms with Crippen molar-refractivity contribution in [1.29, 1.82) is 0 Å². The molecule has 5 heterocycles. The predicted octanol–water partition coefficient (Wildman–Crippen LogP) is 2.72. The van der Waals surface area contributed by atoms with Gasteiger partial charge in [0, 0.05) is 124 Å². The van der Waals surface area contributed by atoms with E-state index in [4.69, 9.17) is 10.1 Å². The van der Waals surface area contributed by atoms with E-state index in [1.54, 1.807) is 63.2 Å². The molecule has 0 bridgehead atoms. The van der Waals surface area contributed by atoms with Crippen LogP contribution in [0.3, 0.4) is 0 Å². The summed E-state index contributed by atoms with van der Waals surface area (Å²) in [5, 5.41) is 45.0. The molecule has 1 aliphatic carbocycles. The van der Waals surface area contributed by atoms with Crippen molar-refractivity contribution in [2.45, 2.75) is 57.0 Å². The van der Waals surface area contributed by atoms with Crippen molar-refractivity contribution < 1.29 is 143 Å². The van der Waals surface area contributed by atoms with E-state index in [0.29, 0.717) is 46.0 Å². The Kier molecular flexibility index (Phi) is 30.4. The van der Waals surface area contributed by atoms with Gasteiger partial charge in [-0.25, -0.2) is 9.97 Å². The third-order valence-corrected chi connectivity index (χ3v) is 18.3. The fraction of sp³-hybridized carbons (Fsp3) is 0.431. The number of anilines is 9. The van der Waals surface area contributed by atoms with Crippen LogP contribution in [0.2, 0.25) is 0 Å². The standard InChI is InChI=1S/C28H37N8O3P.C18H17FN5O3P.C11H22N2.CH2O3.2K.H/c1-33-16-18-34(19-17-33)22-11-14-35(15-12-22)24-9-8-21(20-25(24)36(37)38)30-28-29-13-10-27(32-28)31-23-6-4-5-7-26(23)40(2,3)39;1-28(2,27)16-6-4-3-5-14(16)22-17-9-10-20-18(23-17)21-12-7-8-13(19)15(11-12)24(25)26;1-12-7-9-13(10-8-12)11-5-3-2-4-6-11;2-1-4-3;;;/h4-10,13,20,22H,11-12,14-19H2,1-3H3,(H2,29,30,31,32);3-11H,1-2H3,(H2,20,21,22,23);11H,2-10H2,1H3;1,3H;;;/q;;;;2*+1;-1/p-1. The van der Waals surface area contributed by atoms with Crippen molar-refractivity contribution in [3.63, 3.8) is 0 Å². The molecule has 458 valence electrons. The number of carbonyl (C=O) groups is 1. The van der Waals surface area contributed by atoms with Crippen LogP contribution in [0.5, 0.6) is 0 Å². The number of para-hydroxylation sites is 2. The van der Waals surface area contributed by atoms with Gasteiger partial charge in [-0.1, -0.05) is 43.5 Å². The summed E-state index contributed by atoms with van der Waals surface area (Å²) in [6, 6.07) is 28.1. The Hall–Kier alpha value is -4.23. The maximum Gasteiger partial charge on any atom is 1.00 e. The van der Waals surface area contributed by atoms with Gasteiger partial charge in [0.1, 0.15) is 31.6 Å². The van der Waals surface area contributed by atoms with E-state index in [1.165, 1.54) is 70.5 Å². The maximum atomic E-state index is 13.5. The van der Waals surface area contributed by atoms with E-state index in [0.717, 1.165) is 81.3 Å². The molecule has 1 saturated carbocycles. The van der Waals surface area contributed by atoms with Crippen LogP contribution in [0.1, 0.15) is 46.4 Å². The van der Waals surface area contributed by atoms with Crippen molar-refractivity contribution >= 4 is 94.7 Å². The number of benzene rings is 4. The van der Waals surface area contributed by atoms with Crippen LogP contribution in [0.4, 0.5) is 67.7 Å². The second-order valence-corrected chi connectivity index (χ2v) is 28.4. The number of hydrogen-bond donors (Lipinski definition) is 4. The predicted molar refractivity (Wildman–Crippen MR) is 333 cm³/mol. The summed E-state index contributed by atoms with van der Waals surface area (Å²) < 4.78 is 38.7. The summed E-state index contributed by atoms with van der Waals surface area (Å²) in [6.07, 6.45) is 12.4. The molecule has 87 heavy (non-hydrogen) atoms. The molecule has 4 aliphatic rings. The zero-order valence-electron chi connectivity index (χ0n) is 52.0. The van der Waals surface area contributed by atoms with E-state index < -0.39 is 30.7 Å². The third-order valence-electron chi connectivity index (χ3n) is 15.2. The van der Waals surface area contributed by atoms with Gasteiger partial charge in [-0.3, -0.25) is 34.8 Å². The summed E-state index contributed by atoms with van der Waals surface area (Å²) in [6.45, 7) is 17.8. The van der Waals surface area contributed by atoms with Crippen molar-refractivity contribution in [1.82, 2.24) is 39.5 Å². The molecule has 0 unspecified atom stereocenters. The molecular weight excluding hydrogens is 1210 g/mol. The Labute approximate surface area is 594 Å². The number of nitrogens with one attached hydrogen (secondary N) is 4.